The summed E-state index contributed by atoms with van der Waals surface area (Å²) in [5.41, 5.74) is 6.89. The number of hydrogen-bond donors (Lipinski definition) is 3. The summed E-state index contributed by atoms with van der Waals surface area (Å²) in [5, 5.41) is 10.3. The lowest BCUT2D eigenvalue weighted by Gasteiger charge is -2.02. The Morgan fingerprint density at radius 3 is 3.12 bits per heavy atom. The number of carbonyl (C=O) groups is 1. The second kappa shape index (κ2) is 5.21. The number of rotatable bonds is 5. The van der Waals surface area contributed by atoms with Crippen molar-refractivity contribution >= 4 is 5.91 Å². The maximum absolute atomic E-state index is 11.5. The number of amides is 1. The molecular weight excluding hydrogens is 222 g/mol. The minimum Gasteiger partial charge on any atom is -0.349 e. The molecule has 0 unspecified atom stereocenters. The summed E-state index contributed by atoms with van der Waals surface area (Å²) < 4.78 is 1.45. The average Bonchev–Trinajstić information content (AvgIpc) is 2.97. The molecule has 2 heterocycles. The molecule has 17 heavy (non-hydrogen) atoms. The molecular formula is C9H13N7O. The van der Waals surface area contributed by atoms with Crippen molar-refractivity contribution in [2.45, 2.75) is 19.6 Å². The number of H-pyrrole nitrogens is 1. The highest BCUT2D eigenvalue weighted by molar-refractivity contribution is 5.75. The minimum atomic E-state index is -0.145. The summed E-state index contributed by atoms with van der Waals surface area (Å²) in [4.78, 5) is 18.3. The Hall–Kier alpha value is -2.22. The largest absolute Gasteiger partial charge is 0.349 e. The second-order valence-corrected chi connectivity index (χ2v) is 3.47. The van der Waals surface area contributed by atoms with Crippen molar-refractivity contribution < 1.29 is 4.79 Å². The van der Waals surface area contributed by atoms with Crippen molar-refractivity contribution in [3.05, 3.63) is 30.1 Å². The lowest BCUT2D eigenvalue weighted by molar-refractivity contribution is -0.122. The van der Waals surface area contributed by atoms with Gasteiger partial charge in [-0.1, -0.05) is 5.21 Å². The van der Waals surface area contributed by atoms with E-state index in [9.17, 15) is 4.79 Å². The zero-order chi connectivity index (χ0) is 12.1. The molecule has 0 aromatic carbocycles. The first kappa shape index (κ1) is 11.3. The van der Waals surface area contributed by atoms with E-state index in [0.717, 1.165) is 5.69 Å². The van der Waals surface area contributed by atoms with Crippen LogP contribution in [-0.2, 0) is 24.4 Å². The first-order valence-electron chi connectivity index (χ1n) is 5.11. The zero-order valence-corrected chi connectivity index (χ0v) is 9.13. The van der Waals surface area contributed by atoms with Crippen LogP contribution in [0.2, 0.25) is 0 Å². The maximum atomic E-state index is 11.5. The van der Waals surface area contributed by atoms with E-state index in [0.29, 0.717) is 18.8 Å². The van der Waals surface area contributed by atoms with Gasteiger partial charge in [0.15, 0.2) is 0 Å². The van der Waals surface area contributed by atoms with Gasteiger partial charge in [0.05, 0.1) is 30.5 Å². The molecule has 2 rings (SSSR count). The van der Waals surface area contributed by atoms with Crippen molar-refractivity contribution in [2.24, 2.45) is 5.73 Å². The first-order valence-corrected chi connectivity index (χ1v) is 5.11. The van der Waals surface area contributed by atoms with E-state index in [2.05, 4.69) is 25.6 Å². The van der Waals surface area contributed by atoms with Gasteiger partial charge in [0.25, 0.3) is 0 Å². The number of carbonyl (C=O) groups excluding carboxylic acids is 1. The molecule has 4 N–H and O–H groups in total. The Bertz CT molecular complexity index is 475. The third kappa shape index (κ3) is 3.11. The van der Waals surface area contributed by atoms with Crippen molar-refractivity contribution in [2.75, 3.05) is 0 Å². The summed E-state index contributed by atoms with van der Waals surface area (Å²) in [6, 6.07) is 0. The van der Waals surface area contributed by atoms with Gasteiger partial charge >= 0.3 is 0 Å². The first-order chi connectivity index (χ1) is 8.28. The number of nitrogens with one attached hydrogen (secondary N) is 2. The van der Waals surface area contributed by atoms with Gasteiger partial charge in [-0.15, -0.1) is 5.10 Å². The summed E-state index contributed by atoms with van der Waals surface area (Å²) in [6.45, 7) is 0.855. The molecule has 0 radical (unpaired) electrons. The molecule has 0 atom stereocenters. The summed E-state index contributed by atoms with van der Waals surface area (Å²) in [5.74, 6) is -0.145. The van der Waals surface area contributed by atoms with Gasteiger partial charge in [0, 0.05) is 12.7 Å². The minimum absolute atomic E-state index is 0.126. The molecule has 90 valence electrons. The van der Waals surface area contributed by atoms with Gasteiger partial charge in [-0.3, -0.25) is 4.79 Å². The fraction of sp³-hybridized carbons (Fsp3) is 0.333. The smallest absolute Gasteiger partial charge is 0.242 e. The summed E-state index contributed by atoms with van der Waals surface area (Å²) in [7, 11) is 0. The molecule has 2 aromatic rings. The highest BCUT2D eigenvalue weighted by Gasteiger charge is 2.05. The molecule has 0 aliphatic rings. The van der Waals surface area contributed by atoms with E-state index in [4.69, 9.17) is 5.73 Å². The van der Waals surface area contributed by atoms with Gasteiger partial charge in [-0.25, -0.2) is 9.67 Å². The number of hydrogen-bond acceptors (Lipinski definition) is 5. The van der Waals surface area contributed by atoms with Crippen LogP contribution in [-0.4, -0.2) is 30.9 Å². The Balaban J connectivity index is 1.81. The molecule has 0 saturated heterocycles. The number of imidazole rings is 1. The highest BCUT2D eigenvalue weighted by atomic mass is 16.2. The molecule has 0 saturated carbocycles. The topological polar surface area (TPSA) is 115 Å². The summed E-state index contributed by atoms with van der Waals surface area (Å²) >= 11 is 0. The Morgan fingerprint density at radius 2 is 2.47 bits per heavy atom. The molecule has 1 amide bonds. The Kier molecular flexibility index (Phi) is 3.46. The number of nitrogens with two attached hydrogens (primary N) is 1. The quantitative estimate of drug-likeness (QED) is 0.600. The Morgan fingerprint density at radius 1 is 1.59 bits per heavy atom. The molecule has 0 bridgehead atoms. The van der Waals surface area contributed by atoms with Crippen LogP contribution < -0.4 is 11.1 Å². The van der Waals surface area contributed by atoms with Gasteiger partial charge in [0.2, 0.25) is 5.91 Å². The fourth-order valence-corrected chi connectivity index (χ4v) is 1.29. The maximum Gasteiger partial charge on any atom is 0.242 e. The monoisotopic (exact) mass is 235 g/mol. The van der Waals surface area contributed by atoms with E-state index >= 15 is 0 Å². The third-order valence-electron chi connectivity index (χ3n) is 2.13. The van der Waals surface area contributed by atoms with Crippen LogP contribution in [0, 0.1) is 0 Å². The second-order valence-electron chi connectivity index (χ2n) is 3.47. The normalized spacial score (nSPS) is 10.4. The number of nitrogens with zero attached hydrogens (tertiary/aromatic N) is 4. The van der Waals surface area contributed by atoms with Gasteiger partial charge in [0.1, 0.15) is 6.54 Å². The SMILES string of the molecule is NCc1cn(CC(=O)NCc2cnc[nH]2)nn1. The van der Waals surface area contributed by atoms with Crippen LogP contribution >= 0.6 is 0 Å². The van der Waals surface area contributed by atoms with Crippen LogP contribution in [0.4, 0.5) is 0 Å². The van der Waals surface area contributed by atoms with Crippen LogP contribution in [0.25, 0.3) is 0 Å². The molecule has 8 heteroatoms. The van der Waals surface area contributed by atoms with E-state index in [-0.39, 0.29) is 12.5 Å². The molecule has 0 fully saturated rings. The molecule has 0 aliphatic heterocycles. The van der Waals surface area contributed by atoms with Crippen molar-refractivity contribution in [1.29, 1.82) is 0 Å². The van der Waals surface area contributed by atoms with Crippen molar-refractivity contribution in [3.63, 3.8) is 0 Å². The molecule has 0 aliphatic carbocycles. The average molecular weight is 235 g/mol. The molecule has 0 spiro atoms. The van der Waals surface area contributed by atoms with Crippen LogP contribution in [0.5, 0.6) is 0 Å². The van der Waals surface area contributed by atoms with Crippen molar-refractivity contribution in [3.8, 4) is 0 Å². The number of aromatic amines is 1. The predicted molar refractivity (Wildman–Crippen MR) is 58.3 cm³/mol. The van der Waals surface area contributed by atoms with Gasteiger partial charge < -0.3 is 16.0 Å². The Labute approximate surface area is 97.2 Å². The zero-order valence-electron chi connectivity index (χ0n) is 9.13. The van der Waals surface area contributed by atoms with E-state index in [1.165, 1.54) is 4.68 Å². The number of aromatic nitrogens is 5. The third-order valence-corrected chi connectivity index (χ3v) is 2.13. The predicted octanol–water partition coefficient (Wildman–Crippen LogP) is -1.22. The molecule has 2 aromatic heterocycles. The van der Waals surface area contributed by atoms with Crippen LogP contribution in [0.1, 0.15) is 11.4 Å². The highest BCUT2D eigenvalue weighted by Crippen LogP contribution is 1.92. The van der Waals surface area contributed by atoms with Crippen LogP contribution in [0.3, 0.4) is 0 Å². The lowest BCUT2D eigenvalue weighted by atomic mass is 10.4. The summed E-state index contributed by atoms with van der Waals surface area (Å²) in [6.07, 6.45) is 4.87. The standard InChI is InChI=1S/C9H13N7O/c10-1-7-4-16(15-14-7)5-9(17)12-3-8-2-11-6-13-8/h2,4,6H,1,3,5,10H2,(H,11,13)(H,12,17). The van der Waals surface area contributed by atoms with E-state index in [1.807, 2.05) is 0 Å². The fourth-order valence-electron chi connectivity index (χ4n) is 1.29. The van der Waals surface area contributed by atoms with E-state index < -0.39 is 0 Å². The van der Waals surface area contributed by atoms with Crippen molar-refractivity contribution in [1.82, 2.24) is 30.3 Å². The lowest BCUT2D eigenvalue weighted by Crippen LogP contribution is -2.27. The van der Waals surface area contributed by atoms with E-state index in [1.54, 1.807) is 18.7 Å². The van der Waals surface area contributed by atoms with Crippen LogP contribution in [0.15, 0.2) is 18.7 Å². The van der Waals surface area contributed by atoms with Gasteiger partial charge in [-0.2, -0.15) is 0 Å². The molecule has 8 nitrogen and oxygen atoms in total. The van der Waals surface area contributed by atoms with Gasteiger partial charge in [-0.05, 0) is 0 Å².